The van der Waals surface area contributed by atoms with Crippen LogP contribution in [0.25, 0.3) is 0 Å². The molecule has 0 aromatic heterocycles. The standard InChI is InChI=1S/C14H22N2O2/c1-10(9-15)7-8-14(18)16-13-6-4-3-5-12(13)11(2)17/h3-6,10-11,17H,7-9,15H2,1-2H3,(H,16,18). The van der Waals surface area contributed by atoms with Gasteiger partial charge in [0.05, 0.1) is 6.10 Å². The molecule has 0 aliphatic rings. The number of nitrogens with one attached hydrogen (secondary N) is 1. The number of rotatable bonds is 6. The Hall–Kier alpha value is -1.39. The molecule has 0 bridgehead atoms. The van der Waals surface area contributed by atoms with E-state index in [0.29, 0.717) is 24.6 Å². The maximum absolute atomic E-state index is 11.8. The van der Waals surface area contributed by atoms with E-state index in [1.165, 1.54) is 0 Å². The summed E-state index contributed by atoms with van der Waals surface area (Å²) in [5, 5.41) is 12.4. The maximum Gasteiger partial charge on any atom is 0.224 e. The van der Waals surface area contributed by atoms with Crippen LogP contribution in [0, 0.1) is 5.92 Å². The first kappa shape index (κ1) is 14.7. The second kappa shape index (κ2) is 7.13. The van der Waals surface area contributed by atoms with Crippen molar-refractivity contribution >= 4 is 11.6 Å². The zero-order valence-electron chi connectivity index (χ0n) is 11.0. The van der Waals surface area contributed by atoms with E-state index < -0.39 is 6.10 Å². The van der Waals surface area contributed by atoms with E-state index in [-0.39, 0.29) is 5.91 Å². The van der Waals surface area contributed by atoms with Crippen molar-refractivity contribution in [3.63, 3.8) is 0 Å². The number of carbonyl (C=O) groups is 1. The molecule has 0 aliphatic carbocycles. The second-order valence-corrected chi connectivity index (χ2v) is 4.69. The molecule has 18 heavy (non-hydrogen) atoms. The van der Waals surface area contributed by atoms with Crippen LogP contribution in [0.5, 0.6) is 0 Å². The molecule has 4 heteroatoms. The molecule has 4 nitrogen and oxygen atoms in total. The van der Waals surface area contributed by atoms with Crippen LogP contribution in [0.1, 0.15) is 38.4 Å². The highest BCUT2D eigenvalue weighted by molar-refractivity contribution is 5.91. The Morgan fingerprint density at radius 1 is 1.39 bits per heavy atom. The third-order valence-electron chi connectivity index (χ3n) is 2.95. The highest BCUT2D eigenvalue weighted by Crippen LogP contribution is 2.22. The fraction of sp³-hybridized carbons (Fsp3) is 0.500. The lowest BCUT2D eigenvalue weighted by atomic mass is 10.1. The Kier molecular flexibility index (Phi) is 5.82. The molecular formula is C14H22N2O2. The normalized spacial score (nSPS) is 14.0. The van der Waals surface area contributed by atoms with E-state index in [9.17, 15) is 9.90 Å². The van der Waals surface area contributed by atoms with Gasteiger partial charge in [-0.25, -0.2) is 0 Å². The Morgan fingerprint density at radius 3 is 2.67 bits per heavy atom. The molecule has 0 fully saturated rings. The van der Waals surface area contributed by atoms with Crippen LogP contribution in [0.2, 0.25) is 0 Å². The predicted octanol–water partition coefficient (Wildman–Crippen LogP) is 2.05. The van der Waals surface area contributed by atoms with Crippen LogP contribution >= 0.6 is 0 Å². The molecule has 0 saturated carbocycles. The summed E-state index contributed by atoms with van der Waals surface area (Å²) in [6, 6.07) is 7.29. The summed E-state index contributed by atoms with van der Waals surface area (Å²) in [6.45, 7) is 4.30. The number of hydrogen-bond donors (Lipinski definition) is 3. The van der Waals surface area contributed by atoms with Crippen molar-refractivity contribution in [1.82, 2.24) is 0 Å². The van der Waals surface area contributed by atoms with Gasteiger partial charge in [0.1, 0.15) is 0 Å². The lowest BCUT2D eigenvalue weighted by molar-refractivity contribution is -0.116. The van der Waals surface area contributed by atoms with Gasteiger partial charge < -0.3 is 16.2 Å². The highest BCUT2D eigenvalue weighted by atomic mass is 16.3. The smallest absolute Gasteiger partial charge is 0.224 e. The van der Waals surface area contributed by atoms with Crippen LogP contribution in [0.3, 0.4) is 0 Å². The number of anilines is 1. The van der Waals surface area contributed by atoms with Crippen LogP contribution in [0.4, 0.5) is 5.69 Å². The number of para-hydroxylation sites is 1. The molecule has 0 spiro atoms. The van der Waals surface area contributed by atoms with Gasteiger partial charge in [-0.15, -0.1) is 0 Å². The van der Waals surface area contributed by atoms with Crippen molar-refractivity contribution in [3.05, 3.63) is 29.8 Å². The third-order valence-corrected chi connectivity index (χ3v) is 2.95. The Bertz CT molecular complexity index is 391. The van der Waals surface area contributed by atoms with Crippen LogP contribution in [-0.2, 0) is 4.79 Å². The lowest BCUT2D eigenvalue weighted by Crippen LogP contribution is -2.17. The minimum Gasteiger partial charge on any atom is -0.389 e. The predicted molar refractivity (Wildman–Crippen MR) is 73.2 cm³/mol. The number of nitrogens with two attached hydrogens (primary N) is 1. The minimum absolute atomic E-state index is 0.0385. The zero-order valence-corrected chi connectivity index (χ0v) is 11.0. The lowest BCUT2D eigenvalue weighted by Gasteiger charge is -2.13. The largest absolute Gasteiger partial charge is 0.389 e. The summed E-state index contributed by atoms with van der Waals surface area (Å²) < 4.78 is 0. The number of hydrogen-bond acceptors (Lipinski definition) is 3. The topological polar surface area (TPSA) is 75.4 Å². The third kappa shape index (κ3) is 4.47. The number of benzene rings is 1. The Labute approximate surface area is 108 Å². The number of carbonyl (C=O) groups excluding carboxylic acids is 1. The monoisotopic (exact) mass is 250 g/mol. The van der Waals surface area contributed by atoms with E-state index in [4.69, 9.17) is 5.73 Å². The van der Waals surface area contributed by atoms with Crippen molar-refractivity contribution < 1.29 is 9.90 Å². The molecular weight excluding hydrogens is 228 g/mol. The van der Waals surface area contributed by atoms with E-state index in [1.54, 1.807) is 13.0 Å². The first-order chi connectivity index (χ1) is 8.54. The van der Waals surface area contributed by atoms with Gasteiger partial charge in [0.25, 0.3) is 0 Å². The van der Waals surface area contributed by atoms with Gasteiger partial charge >= 0.3 is 0 Å². The van der Waals surface area contributed by atoms with Gasteiger partial charge in [0.15, 0.2) is 0 Å². The fourth-order valence-electron chi connectivity index (χ4n) is 1.68. The van der Waals surface area contributed by atoms with Crippen molar-refractivity contribution in [2.24, 2.45) is 11.7 Å². The van der Waals surface area contributed by atoms with E-state index >= 15 is 0 Å². The molecule has 1 amide bonds. The van der Waals surface area contributed by atoms with E-state index in [0.717, 1.165) is 12.0 Å². The SMILES string of the molecule is CC(CN)CCC(=O)Nc1ccccc1C(C)O. The quantitative estimate of drug-likeness (QED) is 0.723. The van der Waals surface area contributed by atoms with Crippen molar-refractivity contribution in [2.45, 2.75) is 32.8 Å². The van der Waals surface area contributed by atoms with Gasteiger partial charge in [-0.2, -0.15) is 0 Å². The summed E-state index contributed by atoms with van der Waals surface area (Å²) >= 11 is 0. The van der Waals surface area contributed by atoms with Gasteiger partial charge in [0.2, 0.25) is 5.91 Å². The zero-order chi connectivity index (χ0) is 13.5. The van der Waals surface area contributed by atoms with Crippen molar-refractivity contribution in [2.75, 3.05) is 11.9 Å². The summed E-state index contributed by atoms with van der Waals surface area (Å²) in [5.74, 6) is 0.311. The van der Waals surface area contributed by atoms with Crippen molar-refractivity contribution in [3.8, 4) is 0 Å². The summed E-state index contributed by atoms with van der Waals surface area (Å²) in [7, 11) is 0. The fourth-order valence-corrected chi connectivity index (χ4v) is 1.68. The molecule has 0 aliphatic heterocycles. The summed E-state index contributed by atoms with van der Waals surface area (Å²) in [4.78, 5) is 11.8. The van der Waals surface area contributed by atoms with Gasteiger partial charge in [-0.3, -0.25) is 4.79 Å². The molecule has 1 rings (SSSR count). The average Bonchev–Trinajstić information content (AvgIpc) is 2.36. The average molecular weight is 250 g/mol. The van der Waals surface area contributed by atoms with Crippen LogP contribution < -0.4 is 11.1 Å². The Morgan fingerprint density at radius 2 is 2.06 bits per heavy atom. The molecule has 2 atom stereocenters. The maximum atomic E-state index is 11.8. The van der Waals surface area contributed by atoms with Crippen molar-refractivity contribution in [1.29, 1.82) is 0 Å². The highest BCUT2D eigenvalue weighted by Gasteiger charge is 2.10. The first-order valence-corrected chi connectivity index (χ1v) is 6.31. The minimum atomic E-state index is -0.593. The molecule has 1 aromatic carbocycles. The molecule has 0 radical (unpaired) electrons. The molecule has 0 heterocycles. The molecule has 100 valence electrons. The van der Waals surface area contributed by atoms with E-state index in [1.807, 2.05) is 25.1 Å². The molecule has 0 saturated heterocycles. The first-order valence-electron chi connectivity index (χ1n) is 6.31. The Balaban J connectivity index is 2.59. The van der Waals surface area contributed by atoms with Gasteiger partial charge in [0, 0.05) is 17.7 Å². The number of aliphatic hydroxyl groups is 1. The molecule has 1 aromatic rings. The number of amides is 1. The summed E-state index contributed by atoms with van der Waals surface area (Å²) in [5.41, 5.74) is 6.92. The molecule has 4 N–H and O–H groups in total. The van der Waals surface area contributed by atoms with Gasteiger partial charge in [-0.1, -0.05) is 25.1 Å². The van der Waals surface area contributed by atoms with E-state index in [2.05, 4.69) is 5.32 Å². The molecule has 2 unspecified atom stereocenters. The summed E-state index contributed by atoms with van der Waals surface area (Å²) in [6.07, 6.45) is 0.635. The second-order valence-electron chi connectivity index (χ2n) is 4.69. The van der Waals surface area contributed by atoms with Gasteiger partial charge in [-0.05, 0) is 31.9 Å². The van der Waals surface area contributed by atoms with Crippen LogP contribution in [-0.4, -0.2) is 17.6 Å². The number of aliphatic hydroxyl groups excluding tert-OH is 1. The van der Waals surface area contributed by atoms with Crippen LogP contribution in [0.15, 0.2) is 24.3 Å².